The highest BCUT2D eigenvalue weighted by atomic mass is 28.4. The third-order valence-corrected chi connectivity index (χ3v) is 15.9. The number of hydrogen-bond donors (Lipinski definition) is 0. The van der Waals surface area contributed by atoms with Gasteiger partial charge in [-0.15, -0.1) is 0 Å². The Hall–Kier alpha value is 0.291. The van der Waals surface area contributed by atoms with Crippen LogP contribution in [0.4, 0.5) is 0 Å². The van der Waals surface area contributed by atoms with Crippen molar-refractivity contribution in [1.29, 1.82) is 0 Å². The smallest absolute Gasteiger partial charge is 0.377 e. The van der Waals surface area contributed by atoms with E-state index in [0.717, 1.165) is 43.8 Å². The van der Waals surface area contributed by atoms with Crippen LogP contribution in [0.25, 0.3) is 0 Å². The molecule has 0 radical (unpaired) electrons. The van der Waals surface area contributed by atoms with E-state index in [1.54, 1.807) is 64.0 Å². The molecule has 0 bridgehead atoms. The molecule has 12 heteroatoms. The highest BCUT2D eigenvalue weighted by Crippen LogP contribution is 2.43. The van der Waals surface area contributed by atoms with Crippen LogP contribution >= 0.6 is 0 Å². The average molecular weight is 529 g/mol. The zero-order valence-electron chi connectivity index (χ0n) is 22.3. The van der Waals surface area contributed by atoms with Gasteiger partial charge in [-0.3, -0.25) is 0 Å². The van der Waals surface area contributed by atoms with Crippen LogP contribution in [0.3, 0.4) is 0 Å². The van der Waals surface area contributed by atoms with Gasteiger partial charge in [-0.2, -0.15) is 0 Å². The first-order valence-electron chi connectivity index (χ1n) is 11.8. The van der Waals surface area contributed by atoms with Crippen molar-refractivity contribution in [3.8, 4) is 0 Å². The highest BCUT2D eigenvalue weighted by molar-refractivity contribution is 6.61. The van der Waals surface area contributed by atoms with Crippen LogP contribution in [0.2, 0.25) is 18.1 Å². The van der Waals surface area contributed by atoms with Crippen molar-refractivity contribution in [2.24, 2.45) is 17.8 Å². The zero-order chi connectivity index (χ0) is 25.0. The molecule has 0 amide bonds. The summed E-state index contributed by atoms with van der Waals surface area (Å²) in [5.41, 5.74) is 0. The van der Waals surface area contributed by atoms with Gasteiger partial charge in [0.05, 0.1) is 0 Å². The molecular weight excluding hydrogens is 480 g/mol. The summed E-state index contributed by atoms with van der Waals surface area (Å²) in [4.78, 5) is 0. The Morgan fingerprint density at radius 1 is 0.455 bits per heavy atom. The molecule has 0 aromatic heterocycles. The average Bonchev–Trinajstić information content (AvgIpc) is 2.88. The van der Waals surface area contributed by atoms with Gasteiger partial charge in [0.1, 0.15) is 0 Å². The maximum atomic E-state index is 5.69. The second kappa shape index (κ2) is 15.4. The Bertz CT molecular complexity index is 492. The Balaban J connectivity index is 2.89. The third-order valence-electron chi connectivity index (χ3n) is 7.55. The summed E-state index contributed by atoms with van der Waals surface area (Å²) >= 11 is 0. The van der Waals surface area contributed by atoms with Crippen molar-refractivity contribution in [1.82, 2.24) is 0 Å². The first-order valence-corrected chi connectivity index (χ1v) is 17.6. The van der Waals surface area contributed by atoms with Gasteiger partial charge in [0.15, 0.2) is 0 Å². The van der Waals surface area contributed by atoms with Crippen LogP contribution in [0, 0.1) is 17.8 Å². The molecule has 0 N–H and O–H groups in total. The maximum absolute atomic E-state index is 5.69. The molecule has 33 heavy (non-hydrogen) atoms. The normalized spacial score (nSPS) is 22.6. The predicted molar refractivity (Wildman–Crippen MR) is 133 cm³/mol. The van der Waals surface area contributed by atoms with Crippen molar-refractivity contribution in [3.63, 3.8) is 0 Å². The van der Waals surface area contributed by atoms with Crippen LogP contribution in [0.15, 0.2) is 0 Å². The molecule has 0 heterocycles. The van der Waals surface area contributed by atoms with Gasteiger partial charge in [-0.25, -0.2) is 0 Å². The molecule has 0 aromatic carbocycles. The second-order valence-electron chi connectivity index (χ2n) is 8.70. The van der Waals surface area contributed by atoms with E-state index in [4.69, 9.17) is 39.8 Å². The number of hydrogen-bond acceptors (Lipinski definition) is 9. The van der Waals surface area contributed by atoms with Gasteiger partial charge in [-0.1, -0.05) is 6.42 Å². The molecule has 1 saturated carbocycles. The molecule has 0 spiro atoms. The fraction of sp³-hybridized carbons (Fsp3) is 1.00. The van der Waals surface area contributed by atoms with Crippen LogP contribution in [-0.4, -0.2) is 90.4 Å². The molecule has 1 fully saturated rings. The molecule has 1 aliphatic carbocycles. The zero-order valence-corrected chi connectivity index (χ0v) is 25.3. The summed E-state index contributed by atoms with van der Waals surface area (Å²) in [6.07, 6.45) is 6.57. The Morgan fingerprint density at radius 3 is 1.15 bits per heavy atom. The third kappa shape index (κ3) is 8.72. The van der Waals surface area contributed by atoms with Crippen molar-refractivity contribution < 1.29 is 39.8 Å². The molecule has 9 nitrogen and oxygen atoms in total. The summed E-state index contributed by atoms with van der Waals surface area (Å²) in [6.45, 7) is 0. The van der Waals surface area contributed by atoms with Crippen LogP contribution in [0.1, 0.15) is 38.5 Å². The van der Waals surface area contributed by atoms with Crippen molar-refractivity contribution in [2.75, 3.05) is 64.0 Å². The quantitative estimate of drug-likeness (QED) is 0.247. The molecule has 0 aliphatic heterocycles. The summed E-state index contributed by atoms with van der Waals surface area (Å²) in [7, 11) is 7.36. The van der Waals surface area contributed by atoms with Gasteiger partial charge in [0.2, 0.25) is 0 Å². The van der Waals surface area contributed by atoms with Gasteiger partial charge in [0, 0.05) is 82.1 Å². The molecule has 1 rings (SSSR count). The Kier molecular flexibility index (Phi) is 14.6. The molecule has 0 saturated heterocycles. The number of rotatable bonds is 18. The van der Waals surface area contributed by atoms with Crippen molar-refractivity contribution in [3.05, 3.63) is 0 Å². The first kappa shape index (κ1) is 31.3. The van der Waals surface area contributed by atoms with E-state index < -0.39 is 26.4 Å². The van der Waals surface area contributed by atoms with Gasteiger partial charge >= 0.3 is 26.4 Å². The molecule has 3 atom stereocenters. The standard InChI is InChI=1S/C21H48O9Si3/c1-22-31(23-2,24-3)15-12-19-10-11-20(13-16-32(25-4,26-5)27-6)21(18-19)14-17-33(28-7,29-8)30-9/h19-21H,10-18H2,1-9H3. The fourth-order valence-electron chi connectivity index (χ4n) is 5.19. The first-order chi connectivity index (χ1) is 15.8. The lowest BCUT2D eigenvalue weighted by atomic mass is 9.71. The second-order valence-corrected chi connectivity index (χ2v) is 18.0. The molecule has 3 unspecified atom stereocenters. The van der Waals surface area contributed by atoms with Gasteiger partial charge in [0.25, 0.3) is 0 Å². The van der Waals surface area contributed by atoms with Crippen LogP contribution in [-0.2, 0) is 39.8 Å². The monoisotopic (exact) mass is 528 g/mol. The summed E-state index contributed by atoms with van der Waals surface area (Å²) in [5, 5.41) is 0. The highest BCUT2D eigenvalue weighted by Gasteiger charge is 2.44. The lowest BCUT2D eigenvalue weighted by Gasteiger charge is -2.39. The van der Waals surface area contributed by atoms with Crippen LogP contribution in [0.5, 0.6) is 0 Å². The lowest BCUT2D eigenvalue weighted by Crippen LogP contribution is -2.45. The van der Waals surface area contributed by atoms with E-state index in [0.29, 0.717) is 17.8 Å². The largest absolute Gasteiger partial charge is 0.500 e. The molecule has 0 aromatic rings. The molecule has 1 aliphatic rings. The Morgan fingerprint density at radius 2 is 0.788 bits per heavy atom. The minimum absolute atomic E-state index is 0.539. The van der Waals surface area contributed by atoms with E-state index in [2.05, 4.69) is 0 Å². The van der Waals surface area contributed by atoms with Crippen LogP contribution < -0.4 is 0 Å². The van der Waals surface area contributed by atoms with Gasteiger partial charge < -0.3 is 39.8 Å². The van der Waals surface area contributed by atoms with Crippen molar-refractivity contribution in [2.45, 2.75) is 56.7 Å². The Labute approximate surface area is 204 Å². The lowest BCUT2D eigenvalue weighted by molar-refractivity contribution is 0.0994. The van der Waals surface area contributed by atoms with E-state index in [1.165, 1.54) is 12.8 Å². The molecular formula is C21H48O9Si3. The predicted octanol–water partition coefficient (Wildman–Crippen LogP) is 3.82. The van der Waals surface area contributed by atoms with E-state index in [9.17, 15) is 0 Å². The topological polar surface area (TPSA) is 83.1 Å². The summed E-state index contributed by atoms with van der Waals surface area (Å²) in [5.74, 6) is 1.72. The minimum atomic E-state index is -2.62. The summed E-state index contributed by atoms with van der Waals surface area (Å²) < 4.78 is 51.0. The summed E-state index contributed by atoms with van der Waals surface area (Å²) in [6, 6.07) is 2.45. The van der Waals surface area contributed by atoms with E-state index >= 15 is 0 Å². The molecule has 198 valence electrons. The minimum Gasteiger partial charge on any atom is -0.377 e. The fourth-order valence-corrected chi connectivity index (χ4v) is 10.7. The van der Waals surface area contributed by atoms with E-state index in [-0.39, 0.29) is 0 Å². The van der Waals surface area contributed by atoms with Gasteiger partial charge in [-0.05, 0) is 49.9 Å². The SMILES string of the molecule is CO[Si](CCC1CCC(CC[Si](OC)(OC)OC)C(CC[Si](OC)(OC)OC)C1)(OC)OC. The van der Waals surface area contributed by atoms with Crippen molar-refractivity contribution >= 4 is 26.4 Å². The maximum Gasteiger partial charge on any atom is 0.500 e. The van der Waals surface area contributed by atoms with E-state index in [1.807, 2.05) is 0 Å².